The van der Waals surface area contributed by atoms with Crippen LogP contribution in [0.5, 0.6) is 0 Å². The molecule has 0 heterocycles. The molecule has 23 heavy (non-hydrogen) atoms. The van der Waals surface area contributed by atoms with Gasteiger partial charge in [-0.2, -0.15) is 12.6 Å². The average Bonchev–Trinajstić information content (AvgIpc) is 2.56. The zero-order chi connectivity index (χ0) is 17.2. The number of aliphatic hydroxyl groups excluding tert-OH is 1. The van der Waals surface area contributed by atoms with Crippen molar-refractivity contribution in [3.8, 4) is 0 Å². The predicted octanol–water partition coefficient (Wildman–Crippen LogP) is 5.30. The third-order valence-electron chi connectivity index (χ3n) is 4.19. The maximum absolute atomic E-state index is 11.5. The first-order valence-electron chi connectivity index (χ1n) is 9.65. The molecule has 0 aliphatic heterocycles. The van der Waals surface area contributed by atoms with Gasteiger partial charge in [-0.25, -0.2) is 0 Å². The number of rotatable bonds is 17. The normalized spacial score (nSPS) is 12.3. The number of ether oxygens (including phenoxy) is 1. The van der Waals surface area contributed by atoms with Crippen LogP contribution >= 0.6 is 12.6 Å². The highest BCUT2D eigenvalue weighted by atomic mass is 32.1. The third kappa shape index (κ3) is 16.4. The first-order chi connectivity index (χ1) is 11.2. The van der Waals surface area contributed by atoms with E-state index >= 15 is 0 Å². The summed E-state index contributed by atoms with van der Waals surface area (Å²) in [5, 5.41) is 8.93. The van der Waals surface area contributed by atoms with E-state index in [0.29, 0.717) is 12.2 Å². The van der Waals surface area contributed by atoms with Crippen LogP contribution in [-0.2, 0) is 9.53 Å². The fourth-order valence-electron chi connectivity index (χ4n) is 2.66. The largest absolute Gasteiger partial charge is 0.459 e. The summed E-state index contributed by atoms with van der Waals surface area (Å²) < 4.78 is 5.09. The maximum Gasteiger partial charge on any atom is 0.306 e. The summed E-state index contributed by atoms with van der Waals surface area (Å²) in [7, 11) is 0. The van der Waals surface area contributed by atoms with Crippen molar-refractivity contribution in [1.29, 1.82) is 0 Å². The van der Waals surface area contributed by atoms with E-state index in [-0.39, 0.29) is 12.6 Å². The molecule has 0 saturated carbocycles. The number of carbonyl (C=O) groups is 1. The van der Waals surface area contributed by atoms with Crippen molar-refractivity contribution in [2.75, 3.05) is 12.4 Å². The van der Waals surface area contributed by atoms with Crippen LogP contribution in [0.1, 0.15) is 96.8 Å². The maximum atomic E-state index is 11.5. The van der Waals surface area contributed by atoms with Gasteiger partial charge in [0, 0.05) is 12.2 Å². The number of thiol groups is 1. The number of carbonyl (C=O) groups excluding carboxylic acids is 1. The monoisotopic (exact) mass is 346 g/mol. The summed E-state index contributed by atoms with van der Waals surface area (Å²) in [5.74, 6) is 0.169. The molecule has 3 nitrogen and oxygen atoms in total. The van der Waals surface area contributed by atoms with Crippen LogP contribution < -0.4 is 0 Å². The Kier molecular flexibility index (Phi) is 18.0. The second-order valence-electron chi connectivity index (χ2n) is 6.47. The van der Waals surface area contributed by atoms with Crippen molar-refractivity contribution in [1.82, 2.24) is 0 Å². The minimum Gasteiger partial charge on any atom is -0.459 e. The van der Waals surface area contributed by atoms with E-state index in [1.54, 1.807) is 0 Å². The minimum absolute atomic E-state index is 0.145. The molecule has 0 aromatic carbocycles. The summed E-state index contributed by atoms with van der Waals surface area (Å²) in [5.41, 5.74) is 0. The summed E-state index contributed by atoms with van der Waals surface area (Å²) in [6.45, 7) is 2.12. The molecule has 0 bridgehead atoms. The molecule has 0 saturated heterocycles. The van der Waals surface area contributed by atoms with Crippen molar-refractivity contribution in [3.05, 3.63) is 0 Å². The minimum atomic E-state index is -0.451. The van der Waals surface area contributed by atoms with Gasteiger partial charge in [0.25, 0.3) is 0 Å². The second kappa shape index (κ2) is 18.1. The van der Waals surface area contributed by atoms with Crippen LogP contribution in [0.4, 0.5) is 0 Å². The van der Waals surface area contributed by atoms with Crippen LogP contribution in [0, 0.1) is 0 Å². The fourth-order valence-corrected chi connectivity index (χ4v) is 2.85. The molecule has 1 atom stereocenters. The van der Waals surface area contributed by atoms with E-state index in [4.69, 9.17) is 9.84 Å². The molecule has 0 aliphatic rings. The lowest BCUT2D eigenvalue weighted by Gasteiger charge is -2.12. The van der Waals surface area contributed by atoms with Crippen molar-refractivity contribution in [2.45, 2.75) is 103 Å². The molecule has 1 N–H and O–H groups in total. The van der Waals surface area contributed by atoms with Gasteiger partial charge >= 0.3 is 5.97 Å². The topological polar surface area (TPSA) is 46.5 Å². The highest BCUT2D eigenvalue weighted by Gasteiger charge is 2.10. The van der Waals surface area contributed by atoms with Gasteiger partial charge in [-0.15, -0.1) is 0 Å². The van der Waals surface area contributed by atoms with Crippen LogP contribution in [-0.4, -0.2) is 29.5 Å². The van der Waals surface area contributed by atoms with E-state index in [9.17, 15) is 4.79 Å². The summed E-state index contributed by atoms with van der Waals surface area (Å²) in [6.07, 6.45) is 16.9. The van der Waals surface area contributed by atoms with Crippen LogP contribution in [0.25, 0.3) is 0 Å². The molecule has 0 spiro atoms. The molecule has 0 aromatic heterocycles. The molecule has 0 amide bonds. The van der Waals surface area contributed by atoms with E-state index in [0.717, 1.165) is 12.8 Å². The van der Waals surface area contributed by atoms with Gasteiger partial charge in [-0.05, 0) is 6.42 Å². The SMILES string of the molecule is CCCCCCCCCCCCCCCC(=O)OC(CO)CS. The van der Waals surface area contributed by atoms with Crippen molar-refractivity contribution in [3.63, 3.8) is 0 Å². The zero-order valence-electron chi connectivity index (χ0n) is 15.1. The van der Waals surface area contributed by atoms with E-state index in [1.807, 2.05) is 0 Å². The van der Waals surface area contributed by atoms with Gasteiger partial charge in [-0.1, -0.05) is 84.0 Å². The highest BCUT2D eigenvalue weighted by Crippen LogP contribution is 2.13. The number of unbranched alkanes of at least 4 members (excludes halogenated alkanes) is 12. The molecule has 0 radical (unpaired) electrons. The van der Waals surface area contributed by atoms with Gasteiger partial charge < -0.3 is 9.84 Å². The predicted molar refractivity (Wildman–Crippen MR) is 101 cm³/mol. The summed E-state index contributed by atoms with van der Waals surface area (Å²) in [4.78, 5) is 11.5. The van der Waals surface area contributed by atoms with Gasteiger partial charge in [0.05, 0.1) is 6.61 Å². The van der Waals surface area contributed by atoms with Crippen LogP contribution in [0.15, 0.2) is 0 Å². The molecular weight excluding hydrogens is 308 g/mol. The van der Waals surface area contributed by atoms with E-state index in [2.05, 4.69) is 19.6 Å². The number of aliphatic hydroxyl groups is 1. The second-order valence-corrected chi connectivity index (χ2v) is 6.83. The first-order valence-corrected chi connectivity index (χ1v) is 10.3. The lowest BCUT2D eigenvalue weighted by atomic mass is 10.0. The molecule has 0 fully saturated rings. The van der Waals surface area contributed by atoms with Crippen LogP contribution in [0.3, 0.4) is 0 Å². The molecule has 4 heteroatoms. The Labute approximate surface area is 149 Å². The lowest BCUT2D eigenvalue weighted by molar-refractivity contribution is -0.149. The summed E-state index contributed by atoms with van der Waals surface area (Å²) >= 11 is 4.03. The fraction of sp³-hybridized carbons (Fsp3) is 0.947. The number of hydrogen-bond acceptors (Lipinski definition) is 4. The molecular formula is C19H38O3S. The van der Waals surface area contributed by atoms with Crippen molar-refractivity contribution < 1.29 is 14.6 Å². The molecule has 1 unspecified atom stereocenters. The molecule has 138 valence electrons. The van der Waals surface area contributed by atoms with Gasteiger partial charge in [-0.3, -0.25) is 4.79 Å². The highest BCUT2D eigenvalue weighted by molar-refractivity contribution is 7.80. The Hall–Kier alpha value is -0.220. The first kappa shape index (κ1) is 22.8. The quantitative estimate of drug-likeness (QED) is 0.213. The Morgan fingerprint density at radius 2 is 1.30 bits per heavy atom. The number of hydrogen-bond donors (Lipinski definition) is 2. The Morgan fingerprint density at radius 1 is 0.870 bits per heavy atom. The summed E-state index contributed by atoms with van der Waals surface area (Å²) in [6, 6.07) is 0. The van der Waals surface area contributed by atoms with Crippen molar-refractivity contribution in [2.24, 2.45) is 0 Å². The van der Waals surface area contributed by atoms with Gasteiger partial charge in [0.1, 0.15) is 6.10 Å². The van der Waals surface area contributed by atoms with Crippen LogP contribution in [0.2, 0.25) is 0 Å². The standard InChI is InChI=1S/C19H38O3S/c1-2-3-4-5-6-7-8-9-10-11-12-13-14-15-19(21)22-18(16-20)17-23/h18,20,23H,2-17H2,1H3. The van der Waals surface area contributed by atoms with Crippen molar-refractivity contribution >= 4 is 18.6 Å². The van der Waals surface area contributed by atoms with Gasteiger partial charge in [0.2, 0.25) is 0 Å². The Morgan fingerprint density at radius 3 is 1.70 bits per heavy atom. The lowest BCUT2D eigenvalue weighted by Crippen LogP contribution is -2.23. The molecule has 0 aromatic rings. The smallest absolute Gasteiger partial charge is 0.306 e. The van der Waals surface area contributed by atoms with E-state index < -0.39 is 6.10 Å². The zero-order valence-corrected chi connectivity index (χ0v) is 16.0. The van der Waals surface area contributed by atoms with E-state index in [1.165, 1.54) is 70.6 Å². The molecule has 0 aliphatic carbocycles. The van der Waals surface area contributed by atoms with Gasteiger partial charge in [0.15, 0.2) is 0 Å². The Bertz CT molecular complexity index is 255. The third-order valence-corrected chi connectivity index (χ3v) is 4.60. The average molecular weight is 347 g/mol. The Balaban J connectivity index is 3.20. The number of esters is 1. The molecule has 0 rings (SSSR count).